The van der Waals surface area contributed by atoms with Crippen LogP contribution >= 0.6 is 7.59 Å². The van der Waals surface area contributed by atoms with Crippen LogP contribution in [-0.2, 0) is 15.8 Å². The Labute approximate surface area is 99.1 Å². The SMILES string of the molecule is N#Cc1ccc(CCC(=O)NP(N)(N)=O)cc1. The van der Waals surface area contributed by atoms with Crippen LogP contribution in [0.5, 0.6) is 0 Å². The molecule has 0 aromatic heterocycles. The Morgan fingerprint density at radius 3 is 2.41 bits per heavy atom. The zero-order valence-electron chi connectivity index (χ0n) is 9.09. The van der Waals surface area contributed by atoms with Gasteiger partial charge in [0.05, 0.1) is 11.6 Å². The third-order valence-corrected chi connectivity index (χ3v) is 2.62. The first-order valence-electron chi connectivity index (χ1n) is 4.88. The smallest absolute Gasteiger partial charge is 0.283 e. The molecule has 0 radical (unpaired) electrons. The Hall–Kier alpha value is -1.67. The lowest BCUT2D eigenvalue weighted by Crippen LogP contribution is -2.28. The fraction of sp³-hybridized carbons (Fsp3) is 0.200. The van der Waals surface area contributed by atoms with E-state index in [4.69, 9.17) is 16.3 Å². The molecule has 1 amide bonds. The highest BCUT2D eigenvalue weighted by Gasteiger charge is 2.12. The van der Waals surface area contributed by atoms with Crippen LogP contribution in [-0.4, -0.2) is 5.91 Å². The Balaban J connectivity index is 2.48. The second kappa shape index (κ2) is 5.60. The summed E-state index contributed by atoms with van der Waals surface area (Å²) in [7, 11) is -3.50. The van der Waals surface area contributed by atoms with Crippen LogP contribution in [0.4, 0.5) is 0 Å². The van der Waals surface area contributed by atoms with Gasteiger partial charge in [0.25, 0.3) is 7.59 Å². The minimum atomic E-state index is -3.50. The monoisotopic (exact) mass is 252 g/mol. The van der Waals surface area contributed by atoms with Crippen LogP contribution in [0.3, 0.4) is 0 Å². The van der Waals surface area contributed by atoms with Gasteiger partial charge in [-0.15, -0.1) is 0 Å². The molecule has 0 aliphatic heterocycles. The van der Waals surface area contributed by atoms with E-state index >= 15 is 0 Å². The number of nitrogens with two attached hydrogens (primary N) is 2. The molecule has 0 saturated heterocycles. The molecule has 0 saturated carbocycles. The molecule has 0 heterocycles. The first-order chi connectivity index (χ1) is 7.90. The highest BCUT2D eigenvalue weighted by Crippen LogP contribution is 2.17. The third-order valence-electron chi connectivity index (χ3n) is 2.02. The summed E-state index contributed by atoms with van der Waals surface area (Å²) in [6, 6.07) is 8.86. The molecular formula is C10H13N4O2P. The van der Waals surface area contributed by atoms with Gasteiger partial charge in [-0.2, -0.15) is 5.26 Å². The van der Waals surface area contributed by atoms with Crippen LogP contribution in [0, 0.1) is 11.3 Å². The van der Waals surface area contributed by atoms with E-state index in [1.807, 2.05) is 11.2 Å². The summed E-state index contributed by atoms with van der Waals surface area (Å²) in [4.78, 5) is 11.3. The number of aryl methyl sites for hydroxylation is 1. The summed E-state index contributed by atoms with van der Waals surface area (Å²) in [5, 5.41) is 10.6. The third kappa shape index (κ3) is 5.27. The second-order valence-electron chi connectivity index (χ2n) is 3.55. The van der Waals surface area contributed by atoms with Crippen LogP contribution in [0.1, 0.15) is 17.5 Å². The molecule has 0 spiro atoms. The Bertz CT molecular complexity index is 486. The summed E-state index contributed by atoms with van der Waals surface area (Å²) < 4.78 is 10.9. The van der Waals surface area contributed by atoms with E-state index in [2.05, 4.69) is 0 Å². The normalized spacial score (nSPS) is 10.6. The highest BCUT2D eigenvalue weighted by molar-refractivity contribution is 7.57. The molecule has 17 heavy (non-hydrogen) atoms. The van der Waals surface area contributed by atoms with Gasteiger partial charge in [-0.1, -0.05) is 12.1 Å². The summed E-state index contributed by atoms with van der Waals surface area (Å²) in [6.07, 6.45) is 0.613. The molecule has 0 atom stereocenters. The van der Waals surface area contributed by atoms with Gasteiger partial charge in [0.2, 0.25) is 5.91 Å². The maximum Gasteiger partial charge on any atom is 0.300 e. The number of hydrogen-bond acceptors (Lipinski definition) is 3. The lowest BCUT2D eigenvalue weighted by molar-refractivity contribution is -0.119. The van der Waals surface area contributed by atoms with Crippen molar-refractivity contribution < 1.29 is 9.36 Å². The van der Waals surface area contributed by atoms with Crippen molar-refractivity contribution in [2.45, 2.75) is 12.8 Å². The van der Waals surface area contributed by atoms with E-state index in [9.17, 15) is 9.36 Å². The van der Waals surface area contributed by atoms with Gasteiger partial charge in [-0.25, -0.2) is 0 Å². The Morgan fingerprint density at radius 2 is 1.94 bits per heavy atom. The second-order valence-corrected chi connectivity index (χ2v) is 5.20. The van der Waals surface area contributed by atoms with Crippen molar-refractivity contribution >= 4 is 13.5 Å². The van der Waals surface area contributed by atoms with E-state index in [0.29, 0.717) is 12.0 Å². The zero-order chi connectivity index (χ0) is 12.9. The van der Waals surface area contributed by atoms with Crippen LogP contribution in [0.15, 0.2) is 24.3 Å². The van der Waals surface area contributed by atoms with Crippen molar-refractivity contribution in [3.63, 3.8) is 0 Å². The average Bonchev–Trinajstić information content (AvgIpc) is 2.25. The molecule has 6 nitrogen and oxygen atoms in total. The zero-order valence-corrected chi connectivity index (χ0v) is 9.98. The van der Waals surface area contributed by atoms with Gasteiger partial charge >= 0.3 is 0 Å². The molecule has 1 rings (SSSR count). The van der Waals surface area contributed by atoms with Crippen molar-refractivity contribution in [3.8, 4) is 6.07 Å². The minimum absolute atomic E-state index is 0.143. The maximum atomic E-state index is 11.3. The van der Waals surface area contributed by atoms with Crippen molar-refractivity contribution in [3.05, 3.63) is 35.4 Å². The van der Waals surface area contributed by atoms with E-state index in [1.165, 1.54) is 0 Å². The van der Waals surface area contributed by atoms with Crippen LogP contribution in [0.2, 0.25) is 0 Å². The number of carbonyl (C=O) groups excluding carboxylic acids is 1. The molecule has 0 aliphatic rings. The molecule has 1 aromatic carbocycles. The van der Waals surface area contributed by atoms with Gasteiger partial charge in [-0.3, -0.25) is 25.5 Å². The summed E-state index contributed by atoms with van der Waals surface area (Å²) in [5.41, 5.74) is 11.5. The number of benzene rings is 1. The van der Waals surface area contributed by atoms with E-state index < -0.39 is 13.5 Å². The number of carbonyl (C=O) groups is 1. The molecule has 0 unspecified atom stereocenters. The molecule has 90 valence electrons. The van der Waals surface area contributed by atoms with E-state index in [1.54, 1.807) is 24.3 Å². The lowest BCUT2D eigenvalue weighted by atomic mass is 10.1. The first-order valence-corrected chi connectivity index (χ1v) is 6.72. The standard InChI is InChI=1S/C10H13N4O2P/c11-7-9-3-1-8(2-4-9)5-6-10(15)14-17(12,13)16/h1-4H,5-6H2,(H5,12,13,14,15,16). The van der Waals surface area contributed by atoms with Gasteiger partial charge in [0, 0.05) is 6.42 Å². The number of rotatable bonds is 4. The minimum Gasteiger partial charge on any atom is -0.283 e. The molecule has 0 fully saturated rings. The lowest BCUT2D eigenvalue weighted by Gasteiger charge is -2.08. The van der Waals surface area contributed by atoms with Crippen molar-refractivity contribution in [2.75, 3.05) is 0 Å². The van der Waals surface area contributed by atoms with Gasteiger partial charge < -0.3 is 0 Å². The largest absolute Gasteiger partial charge is 0.300 e. The van der Waals surface area contributed by atoms with Gasteiger partial charge in [0.15, 0.2) is 0 Å². The molecule has 1 aromatic rings. The van der Waals surface area contributed by atoms with E-state index in [0.717, 1.165) is 5.56 Å². The van der Waals surface area contributed by atoms with Crippen molar-refractivity contribution in [1.29, 1.82) is 5.26 Å². The average molecular weight is 252 g/mol. The van der Waals surface area contributed by atoms with Crippen LogP contribution in [0.25, 0.3) is 0 Å². The topological polar surface area (TPSA) is 122 Å². The molecule has 0 bridgehead atoms. The summed E-state index contributed by atoms with van der Waals surface area (Å²) in [5.74, 6) is -0.456. The Morgan fingerprint density at radius 1 is 1.35 bits per heavy atom. The van der Waals surface area contributed by atoms with Crippen molar-refractivity contribution in [2.24, 2.45) is 11.0 Å². The Kier molecular flexibility index (Phi) is 4.41. The predicted molar refractivity (Wildman–Crippen MR) is 63.6 cm³/mol. The number of nitrogens with zero attached hydrogens (tertiary/aromatic N) is 1. The summed E-state index contributed by atoms with van der Waals surface area (Å²) >= 11 is 0. The molecule has 0 aliphatic carbocycles. The molecule has 7 heteroatoms. The number of nitrogens with one attached hydrogen (secondary N) is 1. The van der Waals surface area contributed by atoms with Gasteiger partial charge in [0.1, 0.15) is 0 Å². The van der Waals surface area contributed by atoms with E-state index in [-0.39, 0.29) is 6.42 Å². The summed E-state index contributed by atoms with van der Waals surface area (Å²) in [6.45, 7) is 0. The fourth-order valence-electron chi connectivity index (χ4n) is 1.25. The number of hydrogen-bond donors (Lipinski definition) is 3. The highest BCUT2D eigenvalue weighted by atomic mass is 31.2. The fourth-order valence-corrected chi connectivity index (χ4v) is 1.76. The molecular weight excluding hydrogens is 239 g/mol. The quantitative estimate of drug-likeness (QED) is 0.678. The number of amides is 1. The van der Waals surface area contributed by atoms with Crippen molar-refractivity contribution in [1.82, 2.24) is 5.09 Å². The predicted octanol–water partition coefficient (Wildman–Crippen LogP) is 0.633. The number of nitriles is 1. The first kappa shape index (κ1) is 13.4. The van der Waals surface area contributed by atoms with Gasteiger partial charge in [-0.05, 0) is 24.1 Å². The van der Waals surface area contributed by atoms with Crippen LogP contribution < -0.4 is 16.1 Å². The maximum absolute atomic E-state index is 11.3. The molecule has 5 N–H and O–H groups in total.